The number of benzene rings is 2. The van der Waals surface area contributed by atoms with Crippen molar-refractivity contribution in [2.45, 2.75) is 52.0 Å². The van der Waals surface area contributed by atoms with E-state index >= 15 is 0 Å². The molecule has 11 nitrogen and oxygen atoms in total. The van der Waals surface area contributed by atoms with E-state index in [-0.39, 0.29) is 29.1 Å². The van der Waals surface area contributed by atoms with Gasteiger partial charge in [-0.25, -0.2) is 0 Å². The fourth-order valence-electron chi connectivity index (χ4n) is 4.70. The molecule has 0 radical (unpaired) electrons. The predicted octanol–water partition coefficient (Wildman–Crippen LogP) is 5.22. The molecule has 208 valence electrons. The smallest absolute Gasteiger partial charge is 0.295 e. The molecule has 11 heteroatoms. The minimum atomic E-state index is -0.958. The maximum absolute atomic E-state index is 13.2. The second-order valence-electron chi connectivity index (χ2n) is 9.55. The first-order valence-corrected chi connectivity index (χ1v) is 13.2. The van der Waals surface area contributed by atoms with Gasteiger partial charge in [0.05, 0.1) is 21.5 Å². The van der Waals surface area contributed by atoms with Crippen LogP contribution in [0.15, 0.2) is 54.1 Å². The van der Waals surface area contributed by atoms with Gasteiger partial charge in [-0.3, -0.25) is 29.8 Å². The average molecular weight is 539 g/mol. The summed E-state index contributed by atoms with van der Waals surface area (Å²) in [5, 5.41) is 33.3. The number of hydrogen-bond acceptors (Lipinski definition) is 8. The largest absolute Gasteiger partial charge is 0.507 e. The van der Waals surface area contributed by atoms with Crippen LogP contribution < -0.4 is 0 Å². The number of nitro benzene ring substituents is 2. The quantitative estimate of drug-likeness (QED) is 0.113. The molecular formula is C28H34N4O7. The number of nitrogens with zero attached hydrogens (tertiary/aromatic N) is 4. The van der Waals surface area contributed by atoms with Gasteiger partial charge in [0.15, 0.2) is 0 Å². The summed E-state index contributed by atoms with van der Waals surface area (Å²) in [4.78, 5) is 51.2. The maximum atomic E-state index is 13.2. The Bertz CT molecular complexity index is 1220. The van der Waals surface area contributed by atoms with Gasteiger partial charge < -0.3 is 14.9 Å². The van der Waals surface area contributed by atoms with E-state index in [2.05, 4.69) is 18.7 Å². The standard InChI is InChI=1S/C28H34N4O7/c1-3-5-16-29(17-6-4-2)18-7-19-30-25(20-8-12-22(13-9-20)31(36)37)24(27(34)28(30)35)26(33)21-10-14-23(15-11-21)32(38)39/h8-15,25,33H,3-7,16-19H2,1-2H3/t25-/m0/s1. The molecular weight excluding hydrogens is 504 g/mol. The van der Waals surface area contributed by atoms with Crippen LogP contribution in [0.1, 0.15) is 63.1 Å². The number of carbonyl (C=O) groups is 2. The van der Waals surface area contributed by atoms with Crippen molar-refractivity contribution in [3.63, 3.8) is 0 Å². The lowest BCUT2D eigenvalue weighted by atomic mass is 9.95. The molecule has 2 aromatic rings. The number of amides is 1. The molecule has 0 spiro atoms. The van der Waals surface area contributed by atoms with Gasteiger partial charge in [0.25, 0.3) is 23.1 Å². The Hall–Kier alpha value is -4.12. The van der Waals surface area contributed by atoms with Gasteiger partial charge in [-0.15, -0.1) is 0 Å². The van der Waals surface area contributed by atoms with Crippen molar-refractivity contribution >= 4 is 28.8 Å². The van der Waals surface area contributed by atoms with Crippen LogP contribution in [0, 0.1) is 20.2 Å². The van der Waals surface area contributed by atoms with Gasteiger partial charge in [-0.05, 0) is 68.7 Å². The first-order chi connectivity index (χ1) is 18.7. The van der Waals surface area contributed by atoms with E-state index in [9.17, 15) is 34.9 Å². The highest BCUT2D eigenvalue weighted by atomic mass is 16.6. The molecule has 1 heterocycles. The van der Waals surface area contributed by atoms with Crippen molar-refractivity contribution in [1.82, 2.24) is 9.80 Å². The van der Waals surface area contributed by atoms with Crippen LogP contribution >= 0.6 is 0 Å². The van der Waals surface area contributed by atoms with Crippen molar-refractivity contribution in [3.8, 4) is 0 Å². The Morgan fingerprint density at radius 1 is 0.846 bits per heavy atom. The van der Waals surface area contributed by atoms with E-state index in [1.54, 1.807) is 0 Å². The van der Waals surface area contributed by atoms with Crippen LogP contribution in [0.3, 0.4) is 0 Å². The second kappa shape index (κ2) is 13.6. The number of carbonyl (C=O) groups excluding carboxylic acids is 2. The molecule has 39 heavy (non-hydrogen) atoms. The van der Waals surface area contributed by atoms with Gasteiger partial charge in [0, 0.05) is 36.4 Å². The summed E-state index contributed by atoms with van der Waals surface area (Å²) in [5.74, 6) is -2.10. The van der Waals surface area contributed by atoms with Crippen LogP contribution in [0.25, 0.3) is 5.76 Å². The molecule has 3 rings (SSSR count). The third-order valence-corrected chi connectivity index (χ3v) is 6.84. The molecule has 1 saturated heterocycles. The lowest BCUT2D eigenvalue weighted by Crippen LogP contribution is -2.34. The number of likely N-dealkylation sites (tertiary alicyclic amines) is 1. The molecule has 2 aromatic carbocycles. The van der Waals surface area contributed by atoms with Crippen LogP contribution in [0.5, 0.6) is 0 Å². The summed E-state index contributed by atoms with van der Waals surface area (Å²) in [6.07, 6.45) is 4.86. The molecule has 0 aromatic heterocycles. The Kier molecular flexibility index (Phi) is 10.3. The molecule has 1 N–H and O–H groups in total. The summed E-state index contributed by atoms with van der Waals surface area (Å²) in [5.41, 5.74) is 0.104. The van der Waals surface area contributed by atoms with E-state index in [0.29, 0.717) is 12.0 Å². The molecule has 0 unspecified atom stereocenters. The monoisotopic (exact) mass is 538 g/mol. The Balaban J connectivity index is 1.96. The van der Waals surface area contributed by atoms with Gasteiger partial charge in [-0.1, -0.05) is 26.7 Å². The van der Waals surface area contributed by atoms with Crippen LogP contribution in [-0.4, -0.2) is 62.6 Å². The summed E-state index contributed by atoms with van der Waals surface area (Å²) < 4.78 is 0. The third kappa shape index (κ3) is 7.05. The van der Waals surface area contributed by atoms with Gasteiger partial charge in [0.2, 0.25) is 0 Å². The zero-order chi connectivity index (χ0) is 28.5. The Morgan fingerprint density at radius 2 is 1.33 bits per heavy atom. The number of nitro groups is 2. The molecule has 1 amide bonds. The third-order valence-electron chi connectivity index (χ3n) is 6.84. The molecule has 1 aliphatic rings. The molecule has 0 saturated carbocycles. The highest BCUT2D eigenvalue weighted by molar-refractivity contribution is 6.46. The SMILES string of the molecule is CCCCN(CCCC)CCCN1C(=O)C(=O)C(=C(O)c2ccc([N+](=O)[O-])cc2)[C@@H]1c1ccc([N+](=O)[O-])cc1. The average Bonchev–Trinajstić information content (AvgIpc) is 3.18. The number of non-ortho nitro benzene ring substituents is 2. The van der Waals surface area contributed by atoms with E-state index in [1.165, 1.54) is 53.4 Å². The van der Waals surface area contributed by atoms with Gasteiger partial charge >= 0.3 is 0 Å². The molecule has 0 bridgehead atoms. The minimum Gasteiger partial charge on any atom is -0.507 e. The van der Waals surface area contributed by atoms with E-state index in [1.807, 2.05) is 0 Å². The van der Waals surface area contributed by atoms with Gasteiger partial charge in [-0.2, -0.15) is 0 Å². The first-order valence-electron chi connectivity index (χ1n) is 13.2. The van der Waals surface area contributed by atoms with Crippen molar-refractivity contribution in [2.24, 2.45) is 0 Å². The molecule has 1 fully saturated rings. The van der Waals surface area contributed by atoms with Crippen molar-refractivity contribution < 1.29 is 24.5 Å². The predicted molar refractivity (Wildman–Crippen MR) is 146 cm³/mol. The second-order valence-corrected chi connectivity index (χ2v) is 9.55. The number of rotatable bonds is 14. The van der Waals surface area contributed by atoms with Crippen molar-refractivity contribution in [2.75, 3.05) is 26.2 Å². The van der Waals surface area contributed by atoms with Gasteiger partial charge in [0.1, 0.15) is 5.76 Å². The lowest BCUT2D eigenvalue weighted by molar-refractivity contribution is -0.385. The zero-order valence-corrected chi connectivity index (χ0v) is 22.2. The summed E-state index contributed by atoms with van der Waals surface area (Å²) >= 11 is 0. The first kappa shape index (κ1) is 29.4. The Labute approximate surface area is 227 Å². The molecule has 0 aliphatic carbocycles. The normalized spacial score (nSPS) is 16.7. The fourth-order valence-corrected chi connectivity index (χ4v) is 4.70. The highest BCUT2D eigenvalue weighted by Gasteiger charge is 2.46. The summed E-state index contributed by atoms with van der Waals surface area (Å²) in [6, 6.07) is 9.59. The number of hydrogen-bond donors (Lipinski definition) is 1. The topological polar surface area (TPSA) is 147 Å². The van der Waals surface area contributed by atoms with E-state index < -0.39 is 33.3 Å². The highest BCUT2D eigenvalue weighted by Crippen LogP contribution is 2.40. The zero-order valence-electron chi connectivity index (χ0n) is 22.2. The number of aliphatic hydroxyl groups excluding tert-OH is 1. The molecule has 1 aliphatic heterocycles. The minimum absolute atomic E-state index is 0.145. The number of ketones is 1. The fraction of sp³-hybridized carbons (Fsp3) is 0.429. The number of unbranched alkanes of at least 4 members (excludes halogenated alkanes) is 2. The van der Waals surface area contributed by atoms with Crippen LogP contribution in [-0.2, 0) is 9.59 Å². The summed E-state index contributed by atoms with van der Waals surface area (Å²) in [7, 11) is 0. The van der Waals surface area contributed by atoms with Crippen molar-refractivity contribution in [1.29, 1.82) is 0 Å². The lowest BCUT2D eigenvalue weighted by Gasteiger charge is -2.27. The Morgan fingerprint density at radius 3 is 1.82 bits per heavy atom. The summed E-state index contributed by atoms with van der Waals surface area (Å²) in [6.45, 7) is 7.14. The van der Waals surface area contributed by atoms with E-state index in [4.69, 9.17) is 0 Å². The number of Topliss-reactive ketones (excluding diaryl/α,β-unsaturated/α-hetero) is 1. The maximum Gasteiger partial charge on any atom is 0.295 e. The van der Waals surface area contributed by atoms with Crippen LogP contribution in [0.2, 0.25) is 0 Å². The van der Waals surface area contributed by atoms with Crippen LogP contribution in [0.4, 0.5) is 11.4 Å². The molecule has 1 atom stereocenters. The van der Waals surface area contributed by atoms with Crippen molar-refractivity contribution in [3.05, 3.63) is 85.5 Å². The number of aliphatic hydroxyl groups is 1. The van der Waals surface area contributed by atoms with E-state index in [0.717, 1.165) is 45.3 Å².